The number of rotatable bonds is 2. The number of fused-ring (bicyclic) bond motifs is 2. The second-order valence-electron chi connectivity index (χ2n) is 6.19. The summed E-state index contributed by atoms with van der Waals surface area (Å²) in [5.41, 5.74) is 2.04. The Morgan fingerprint density at radius 3 is 2.73 bits per heavy atom. The Labute approximate surface area is 159 Å². The van der Waals surface area contributed by atoms with Gasteiger partial charge in [0.15, 0.2) is 0 Å². The molecule has 4 rings (SSSR count). The number of para-hydroxylation sites is 1. The first-order valence-electron chi connectivity index (χ1n) is 8.28. The van der Waals surface area contributed by atoms with E-state index in [0.717, 1.165) is 18.4 Å². The van der Waals surface area contributed by atoms with Gasteiger partial charge in [-0.15, -0.1) is 0 Å². The molecular formula is C19H15Cl2N3O2. The van der Waals surface area contributed by atoms with Gasteiger partial charge in [-0.2, -0.15) is 5.10 Å². The minimum Gasteiger partial charge on any atom is -0.309 e. The van der Waals surface area contributed by atoms with Crippen molar-refractivity contribution in [2.24, 2.45) is 0 Å². The molecule has 1 aliphatic rings. The zero-order valence-electron chi connectivity index (χ0n) is 13.8. The van der Waals surface area contributed by atoms with Crippen LogP contribution in [0.25, 0.3) is 10.9 Å². The lowest BCUT2D eigenvalue weighted by Gasteiger charge is -2.31. The second-order valence-corrected chi connectivity index (χ2v) is 7.00. The molecule has 0 aliphatic carbocycles. The standard InChI is InChI=1S/C19H15Cl2N3O2/c20-14-7-8-15(21)19-12(14)5-3-9-23(19)18(26)11-24-16-6-2-1-4-13(16)17(25)10-22-24/h1-2,4,6-8,10H,3,5,9,11H2. The van der Waals surface area contributed by atoms with E-state index < -0.39 is 0 Å². The van der Waals surface area contributed by atoms with Crippen molar-refractivity contribution in [3.8, 4) is 0 Å². The fraction of sp³-hybridized carbons (Fsp3) is 0.211. The molecule has 0 saturated carbocycles. The van der Waals surface area contributed by atoms with Gasteiger partial charge in [-0.25, -0.2) is 0 Å². The number of carbonyl (C=O) groups excluding carboxylic acids is 1. The number of halogens is 2. The zero-order chi connectivity index (χ0) is 18.3. The number of amides is 1. The first-order chi connectivity index (χ1) is 12.6. The van der Waals surface area contributed by atoms with Gasteiger partial charge in [-0.3, -0.25) is 14.3 Å². The average molecular weight is 388 g/mol. The van der Waals surface area contributed by atoms with Crippen molar-refractivity contribution in [2.45, 2.75) is 19.4 Å². The van der Waals surface area contributed by atoms with Crippen LogP contribution in [0.4, 0.5) is 5.69 Å². The lowest BCUT2D eigenvalue weighted by molar-refractivity contribution is -0.119. The van der Waals surface area contributed by atoms with E-state index in [4.69, 9.17) is 23.2 Å². The van der Waals surface area contributed by atoms with E-state index in [0.29, 0.717) is 33.2 Å². The van der Waals surface area contributed by atoms with Crippen LogP contribution < -0.4 is 10.3 Å². The minimum absolute atomic E-state index is 0.0169. The van der Waals surface area contributed by atoms with Gasteiger partial charge in [0.2, 0.25) is 11.3 Å². The first kappa shape index (κ1) is 17.1. The lowest BCUT2D eigenvalue weighted by Crippen LogP contribution is -2.38. The summed E-state index contributed by atoms with van der Waals surface area (Å²) < 4.78 is 1.55. The molecule has 5 nitrogen and oxygen atoms in total. The van der Waals surface area contributed by atoms with Crippen LogP contribution in [0.15, 0.2) is 47.4 Å². The third kappa shape index (κ3) is 2.87. The maximum Gasteiger partial charge on any atom is 0.248 e. The van der Waals surface area contributed by atoms with Gasteiger partial charge >= 0.3 is 0 Å². The molecule has 2 heterocycles. The summed E-state index contributed by atoms with van der Waals surface area (Å²) in [6, 6.07) is 10.6. The van der Waals surface area contributed by atoms with Crippen molar-refractivity contribution in [1.29, 1.82) is 0 Å². The largest absolute Gasteiger partial charge is 0.309 e. The Morgan fingerprint density at radius 2 is 1.88 bits per heavy atom. The molecule has 26 heavy (non-hydrogen) atoms. The van der Waals surface area contributed by atoms with E-state index in [-0.39, 0.29) is 17.9 Å². The van der Waals surface area contributed by atoms with E-state index in [9.17, 15) is 9.59 Å². The van der Waals surface area contributed by atoms with Crippen molar-refractivity contribution in [3.05, 3.63) is 68.4 Å². The molecule has 1 aliphatic heterocycles. The number of hydrogen-bond acceptors (Lipinski definition) is 3. The second kappa shape index (κ2) is 6.74. The fourth-order valence-corrected chi connectivity index (χ4v) is 3.91. The van der Waals surface area contributed by atoms with Gasteiger partial charge in [0.05, 0.1) is 22.4 Å². The fourth-order valence-electron chi connectivity index (χ4n) is 3.39. The molecule has 7 heteroatoms. The first-order valence-corrected chi connectivity index (χ1v) is 9.04. The highest BCUT2D eigenvalue weighted by molar-refractivity contribution is 6.36. The van der Waals surface area contributed by atoms with Crippen molar-refractivity contribution < 1.29 is 4.79 Å². The van der Waals surface area contributed by atoms with Gasteiger partial charge in [-0.05, 0) is 42.7 Å². The SMILES string of the molecule is O=C(Cn1ncc(=O)c2ccccc21)N1CCCc2c(Cl)ccc(Cl)c21. The molecule has 2 aromatic carbocycles. The average Bonchev–Trinajstić information content (AvgIpc) is 2.67. The van der Waals surface area contributed by atoms with Crippen molar-refractivity contribution in [3.63, 3.8) is 0 Å². The van der Waals surface area contributed by atoms with Gasteiger partial charge in [0.1, 0.15) is 6.54 Å². The molecule has 3 aromatic rings. The van der Waals surface area contributed by atoms with Gasteiger partial charge in [-0.1, -0.05) is 35.3 Å². The Hall–Kier alpha value is -2.37. The summed E-state index contributed by atoms with van der Waals surface area (Å²) in [5, 5.41) is 5.80. The number of carbonyl (C=O) groups is 1. The van der Waals surface area contributed by atoms with Crippen LogP contribution >= 0.6 is 23.2 Å². The zero-order valence-corrected chi connectivity index (χ0v) is 15.3. The Bertz CT molecular complexity index is 1080. The maximum absolute atomic E-state index is 13.0. The maximum atomic E-state index is 13.0. The van der Waals surface area contributed by atoms with Crippen LogP contribution in [0.5, 0.6) is 0 Å². The summed E-state index contributed by atoms with van der Waals surface area (Å²) >= 11 is 12.6. The predicted octanol–water partition coefficient (Wildman–Crippen LogP) is 3.68. The third-order valence-corrected chi connectivity index (χ3v) is 5.26. The van der Waals surface area contributed by atoms with E-state index in [1.54, 1.807) is 39.9 Å². The third-order valence-electron chi connectivity index (χ3n) is 4.60. The van der Waals surface area contributed by atoms with Crippen LogP contribution in [0.1, 0.15) is 12.0 Å². The van der Waals surface area contributed by atoms with Crippen molar-refractivity contribution >= 4 is 45.7 Å². The quantitative estimate of drug-likeness (QED) is 0.673. The normalized spacial score (nSPS) is 13.7. The molecule has 0 bridgehead atoms. The number of benzene rings is 2. The monoisotopic (exact) mass is 387 g/mol. The van der Waals surface area contributed by atoms with Crippen molar-refractivity contribution in [1.82, 2.24) is 9.78 Å². The topological polar surface area (TPSA) is 55.2 Å². The summed E-state index contributed by atoms with van der Waals surface area (Å²) in [4.78, 5) is 26.6. The molecular weight excluding hydrogens is 373 g/mol. The van der Waals surface area contributed by atoms with E-state index in [1.807, 2.05) is 6.07 Å². The minimum atomic E-state index is -0.164. The molecule has 0 atom stereocenters. The van der Waals surface area contributed by atoms with Crippen LogP contribution in [0.2, 0.25) is 10.0 Å². The Balaban J connectivity index is 1.73. The number of aromatic nitrogens is 2. The molecule has 0 saturated heterocycles. The molecule has 0 N–H and O–H groups in total. The Kier molecular flexibility index (Phi) is 4.42. The van der Waals surface area contributed by atoms with Crippen molar-refractivity contribution in [2.75, 3.05) is 11.4 Å². The molecule has 0 spiro atoms. The number of anilines is 1. The van der Waals surface area contributed by atoms with E-state index in [2.05, 4.69) is 5.10 Å². The number of hydrogen-bond donors (Lipinski definition) is 0. The molecule has 0 unspecified atom stereocenters. The van der Waals surface area contributed by atoms with Crippen LogP contribution in [0.3, 0.4) is 0 Å². The van der Waals surface area contributed by atoms with Gasteiger partial charge in [0.25, 0.3) is 0 Å². The summed E-state index contributed by atoms with van der Waals surface area (Å²) in [5.74, 6) is -0.142. The van der Waals surface area contributed by atoms with Crippen LogP contribution in [-0.2, 0) is 17.8 Å². The lowest BCUT2D eigenvalue weighted by atomic mass is 10.0. The Morgan fingerprint density at radius 1 is 1.12 bits per heavy atom. The molecule has 0 radical (unpaired) electrons. The highest BCUT2D eigenvalue weighted by Crippen LogP contribution is 2.38. The molecule has 132 valence electrons. The summed E-state index contributed by atoms with van der Waals surface area (Å²) in [6.07, 6.45) is 2.85. The highest BCUT2D eigenvalue weighted by atomic mass is 35.5. The summed E-state index contributed by atoms with van der Waals surface area (Å²) in [7, 11) is 0. The van der Waals surface area contributed by atoms with Gasteiger partial charge in [0, 0.05) is 17.0 Å². The number of nitrogens with zero attached hydrogens (tertiary/aromatic N) is 3. The predicted molar refractivity (Wildman–Crippen MR) is 103 cm³/mol. The van der Waals surface area contributed by atoms with Crippen LogP contribution in [0, 0.1) is 0 Å². The summed E-state index contributed by atoms with van der Waals surface area (Å²) in [6.45, 7) is 0.590. The van der Waals surface area contributed by atoms with E-state index >= 15 is 0 Å². The molecule has 1 aromatic heterocycles. The molecule has 1 amide bonds. The highest BCUT2D eigenvalue weighted by Gasteiger charge is 2.27. The smallest absolute Gasteiger partial charge is 0.248 e. The van der Waals surface area contributed by atoms with Gasteiger partial charge < -0.3 is 4.90 Å². The molecule has 0 fully saturated rings. The van der Waals surface area contributed by atoms with E-state index in [1.165, 1.54) is 6.20 Å². The van der Waals surface area contributed by atoms with Crippen LogP contribution in [-0.4, -0.2) is 22.2 Å².